The van der Waals surface area contributed by atoms with Gasteiger partial charge in [0, 0.05) is 31.6 Å². The van der Waals surface area contributed by atoms with Crippen LogP contribution in [0.15, 0.2) is 28.0 Å². The van der Waals surface area contributed by atoms with Gasteiger partial charge < -0.3 is 9.64 Å². The van der Waals surface area contributed by atoms with E-state index in [0.717, 1.165) is 30.8 Å². The first-order valence-corrected chi connectivity index (χ1v) is 11.1. The van der Waals surface area contributed by atoms with Gasteiger partial charge in [-0.1, -0.05) is 6.92 Å². The number of carbonyl (C=O) groups excluding carboxylic acids is 1. The zero-order valence-corrected chi connectivity index (χ0v) is 16.6. The lowest BCUT2D eigenvalue weighted by molar-refractivity contribution is 0.0693. The minimum atomic E-state index is -3.66. The molecule has 1 aromatic rings. The van der Waals surface area contributed by atoms with E-state index in [2.05, 4.69) is 11.6 Å². The number of nitrogens with zero attached hydrogens (tertiary/aromatic N) is 1. The number of rotatable bonds is 7. The maximum absolute atomic E-state index is 12.9. The Balaban J connectivity index is 2.26. The molecule has 6 nitrogen and oxygen atoms in total. The van der Waals surface area contributed by atoms with Gasteiger partial charge in [-0.3, -0.25) is 4.79 Å². The van der Waals surface area contributed by atoms with Crippen LogP contribution in [0.4, 0.5) is 0 Å². The molecule has 25 heavy (non-hydrogen) atoms. The van der Waals surface area contributed by atoms with Crippen molar-refractivity contribution < 1.29 is 17.9 Å². The molecule has 0 aromatic heterocycles. The van der Waals surface area contributed by atoms with Crippen LogP contribution in [0.25, 0.3) is 0 Å². The van der Waals surface area contributed by atoms with Crippen LogP contribution in [0, 0.1) is 5.92 Å². The lowest BCUT2D eigenvalue weighted by Gasteiger charge is -2.30. The number of thioether (sulfide) groups is 1. The third-order valence-electron chi connectivity index (χ3n) is 4.38. The Kier molecular flexibility index (Phi) is 7.30. The molecule has 2 rings (SSSR count). The average molecular weight is 387 g/mol. The van der Waals surface area contributed by atoms with E-state index in [4.69, 9.17) is 4.74 Å². The van der Waals surface area contributed by atoms with Crippen LogP contribution in [0.3, 0.4) is 0 Å². The molecular weight excluding hydrogens is 360 g/mol. The van der Waals surface area contributed by atoms with Crippen molar-refractivity contribution in [3.8, 4) is 0 Å². The summed E-state index contributed by atoms with van der Waals surface area (Å²) in [7, 11) is -2.15. The van der Waals surface area contributed by atoms with Crippen molar-refractivity contribution in [2.75, 3.05) is 39.6 Å². The number of piperidine rings is 1. The molecule has 0 radical (unpaired) electrons. The summed E-state index contributed by atoms with van der Waals surface area (Å²) in [5, 5.41) is 0. The van der Waals surface area contributed by atoms with Crippen molar-refractivity contribution in [3.63, 3.8) is 0 Å². The second kappa shape index (κ2) is 9.02. The van der Waals surface area contributed by atoms with Gasteiger partial charge in [0.2, 0.25) is 10.0 Å². The van der Waals surface area contributed by atoms with Gasteiger partial charge in [0.25, 0.3) is 5.91 Å². The lowest BCUT2D eigenvalue weighted by Crippen LogP contribution is -2.38. The summed E-state index contributed by atoms with van der Waals surface area (Å²) in [6, 6.07) is 4.73. The highest BCUT2D eigenvalue weighted by molar-refractivity contribution is 7.98. The number of amides is 1. The van der Waals surface area contributed by atoms with Gasteiger partial charge in [0.05, 0.1) is 17.1 Å². The van der Waals surface area contributed by atoms with Crippen molar-refractivity contribution in [3.05, 3.63) is 23.8 Å². The Morgan fingerprint density at radius 2 is 2.04 bits per heavy atom. The second-order valence-electron chi connectivity index (χ2n) is 6.23. The minimum Gasteiger partial charge on any atom is -0.383 e. The molecule has 0 atom stereocenters. The molecule has 1 amide bonds. The van der Waals surface area contributed by atoms with Crippen LogP contribution >= 0.6 is 11.8 Å². The summed E-state index contributed by atoms with van der Waals surface area (Å²) >= 11 is 1.45. The average Bonchev–Trinajstić information content (AvgIpc) is 2.61. The maximum atomic E-state index is 12.9. The van der Waals surface area contributed by atoms with Gasteiger partial charge in [-0.05, 0) is 43.2 Å². The van der Waals surface area contributed by atoms with Gasteiger partial charge in [0.1, 0.15) is 0 Å². The summed E-state index contributed by atoms with van der Waals surface area (Å²) in [4.78, 5) is 15.6. The summed E-state index contributed by atoms with van der Waals surface area (Å²) < 4.78 is 32.2. The van der Waals surface area contributed by atoms with Gasteiger partial charge >= 0.3 is 0 Å². The molecule has 0 saturated carbocycles. The van der Waals surface area contributed by atoms with E-state index in [-0.39, 0.29) is 17.3 Å². The Labute approximate surface area is 154 Å². The van der Waals surface area contributed by atoms with Crippen LogP contribution in [-0.4, -0.2) is 58.8 Å². The normalized spacial score (nSPS) is 16.2. The van der Waals surface area contributed by atoms with E-state index in [1.54, 1.807) is 6.07 Å². The molecule has 0 spiro atoms. The molecule has 1 heterocycles. The lowest BCUT2D eigenvalue weighted by atomic mass is 9.98. The number of hydrogen-bond acceptors (Lipinski definition) is 5. The quantitative estimate of drug-likeness (QED) is 0.574. The van der Waals surface area contributed by atoms with Crippen LogP contribution < -0.4 is 4.72 Å². The van der Waals surface area contributed by atoms with Crippen molar-refractivity contribution in [1.29, 1.82) is 0 Å². The molecule has 140 valence electrons. The fourth-order valence-corrected chi connectivity index (χ4v) is 4.37. The zero-order valence-electron chi connectivity index (χ0n) is 14.9. The second-order valence-corrected chi connectivity index (χ2v) is 8.84. The zero-order chi connectivity index (χ0) is 18.4. The van der Waals surface area contributed by atoms with Crippen LogP contribution in [0.2, 0.25) is 0 Å². The monoisotopic (exact) mass is 386 g/mol. The standard InChI is InChI=1S/C17H26N2O4S2/c1-13-6-9-19(10-7-13)17(20)15-12-14(4-5-16(15)24-3)25(21,22)18-8-11-23-2/h4-5,12-13,18H,6-11H2,1-3H3. The predicted octanol–water partition coefficient (Wildman–Crippen LogP) is 2.21. The van der Waals surface area contributed by atoms with Crippen molar-refractivity contribution in [2.45, 2.75) is 29.6 Å². The number of carbonyl (C=O) groups is 1. The first-order valence-electron chi connectivity index (χ1n) is 8.35. The summed E-state index contributed by atoms with van der Waals surface area (Å²) in [6.45, 7) is 4.11. The molecule has 1 N–H and O–H groups in total. The number of nitrogens with one attached hydrogen (secondary N) is 1. The SMILES string of the molecule is COCCNS(=O)(=O)c1ccc(SC)c(C(=O)N2CCC(C)CC2)c1. The molecule has 1 aromatic carbocycles. The van der Waals surface area contributed by atoms with Gasteiger partial charge in [-0.15, -0.1) is 11.8 Å². The molecule has 1 aliphatic heterocycles. The Bertz CT molecular complexity index is 699. The largest absolute Gasteiger partial charge is 0.383 e. The molecule has 1 fully saturated rings. The fraction of sp³-hybridized carbons (Fsp3) is 0.588. The minimum absolute atomic E-state index is 0.0924. The Hall–Kier alpha value is -1.09. The molecule has 0 aliphatic carbocycles. The highest BCUT2D eigenvalue weighted by atomic mass is 32.2. The van der Waals surface area contributed by atoms with E-state index in [1.807, 2.05) is 11.2 Å². The summed E-state index contributed by atoms with van der Waals surface area (Å²) in [5.74, 6) is 0.533. The molecule has 1 saturated heterocycles. The van der Waals surface area contributed by atoms with E-state index in [0.29, 0.717) is 18.1 Å². The van der Waals surface area contributed by atoms with Gasteiger partial charge in [-0.2, -0.15) is 0 Å². The Morgan fingerprint density at radius 1 is 1.36 bits per heavy atom. The highest BCUT2D eigenvalue weighted by Crippen LogP contribution is 2.27. The number of sulfonamides is 1. The molecule has 0 bridgehead atoms. The number of methoxy groups -OCH3 is 1. The number of benzene rings is 1. The maximum Gasteiger partial charge on any atom is 0.255 e. The van der Waals surface area contributed by atoms with Crippen LogP contribution in [-0.2, 0) is 14.8 Å². The summed E-state index contributed by atoms with van der Waals surface area (Å²) in [5.41, 5.74) is 0.455. The highest BCUT2D eigenvalue weighted by Gasteiger charge is 2.25. The molecule has 1 aliphatic rings. The van der Waals surface area contributed by atoms with E-state index in [1.165, 1.54) is 31.0 Å². The number of ether oxygens (including phenoxy) is 1. The van der Waals surface area contributed by atoms with Crippen molar-refractivity contribution in [1.82, 2.24) is 9.62 Å². The fourth-order valence-electron chi connectivity index (χ4n) is 2.76. The van der Waals surface area contributed by atoms with Crippen molar-refractivity contribution in [2.24, 2.45) is 5.92 Å². The number of likely N-dealkylation sites (tertiary alicyclic amines) is 1. The summed E-state index contributed by atoms with van der Waals surface area (Å²) in [6.07, 6.45) is 3.85. The topological polar surface area (TPSA) is 75.7 Å². The van der Waals surface area contributed by atoms with Crippen LogP contribution in [0.5, 0.6) is 0 Å². The molecule has 8 heteroatoms. The Morgan fingerprint density at radius 3 is 2.64 bits per heavy atom. The van der Waals surface area contributed by atoms with Gasteiger partial charge in [0.15, 0.2) is 0 Å². The third-order valence-corrected chi connectivity index (χ3v) is 6.64. The first kappa shape index (κ1) is 20.2. The molecule has 0 unspecified atom stereocenters. The smallest absolute Gasteiger partial charge is 0.255 e. The van der Waals surface area contributed by atoms with Gasteiger partial charge in [-0.25, -0.2) is 13.1 Å². The van der Waals surface area contributed by atoms with E-state index >= 15 is 0 Å². The predicted molar refractivity (Wildman–Crippen MR) is 99.6 cm³/mol. The van der Waals surface area contributed by atoms with E-state index in [9.17, 15) is 13.2 Å². The number of hydrogen-bond donors (Lipinski definition) is 1. The van der Waals surface area contributed by atoms with E-state index < -0.39 is 10.0 Å². The third kappa shape index (κ3) is 5.20. The van der Waals surface area contributed by atoms with Crippen LogP contribution in [0.1, 0.15) is 30.1 Å². The first-order chi connectivity index (χ1) is 11.9. The van der Waals surface area contributed by atoms with Crippen molar-refractivity contribution >= 4 is 27.7 Å². The molecular formula is C17H26N2O4S2.